The number of benzene rings is 1. The number of carbonyl (C=O) groups is 2. The summed E-state index contributed by atoms with van der Waals surface area (Å²) in [5, 5.41) is 28.0. The first-order valence-corrected chi connectivity index (χ1v) is 10.2. The molecule has 3 amide bonds. The third kappa shape index (κ3) is 4.31. The van der Waals surface area contributed by atoms with Gasteiger partial charge in [0.25, 0.3) is 0 Å². The molecule has 3 aliphatic heterocycles. The van der Waals surface area contributed by atoms with Gasteiger partial charge in [-0.15, -0.1) is 0 Å². The SMILES string of the molecule is O=C(NCC(=O)N1CCC[C@@H]1CO)NCc1ccc2c(c1)[C@@H]1C[C@@H](N2)[C@H](O)CO1. The fourth-order valence-corrected chi connectivity index (χ4v) is 4.33. The van der Waals surface area contributed by atoms with E-state index in [1.165, 1.54) is 0 Å². The standard InChI is InChI=1S/C20H28N4O5/c25-10-13-2-1-5-24(13)19(27)9-22-20(28)21-8-12-3-4-15-14(6-12)18-7-16(23-15)17(26)11-29-18/h3-4,6,13,16-18,23,25-26H,1-2,5,7-11H2,(H2,21,22,28)/t13-,16-,17-,18+/m1/s1. The molecular weight excluding hydrogens is 376 g/mol. The maximum absolute atomic E-state index is 12.2. The smallest absolute Gasteiger partial charge is 0.315 e. The predicted octanol–water partition coefficient (Wildman–Crippen LogP) is 0.0855. The van der Waals surface area contributed by atoms with E-state index >= 15 is 0 Å². The highest BCUT2D eigenvalue weighted by molar-refractivity contribution is 5.84. The minimum absolute atomic E-state index is 0.00887. The van der Waals surface area contributed by atoms with E-state index < -0.39 is 12.1 Å². The molecule has 0 unspecified atom stereocenters. The van der Waals surface area contributed by atoms with Crippen LogP contribution in [0.3, 0.4) is 0 Å². The summed E-state index contributed by atoms with van der Waals surface area (Å²) in [6.07, 6.45) is 1.84. The number of aliphatic hydroxyl groups is 2. The molecule has 5 N–H and O–H groups in total. The normalized spacial score (nSPS) is 27.7. The molecule has 29 heavy (non-hydrogen) atoms. The number of carbonyl (C=O) groups excluding carboxylic acids is 2. The molecular formula is C20H28N4O5. The van der Waals surface area contributed by atoms with Crippen LogP contribution >= 0.6 is 0 Å². The lowest BCUT2D eigenvalue weighted by Gasteiger charge is -2.40. The van der Waals surface area contributed by atoms with Gasteiger partial charge in [0.05, 0.1) is 44.1 Å². The van der Waals surface area contributed by atoms with Crippen LogP contribution in [-0.2, 0) is 16.1 Å². The zero-order valence-electron chi connectivity index (χ0n) is 16.3. The number of amides is 3. The number of hydrogen-bond acceptors (Lipinski definition) is 6. The van der Waals surface area contributed by atoms with Crippen LogP contribution in [0.25, 0.3) is 0 Å². The van der Waals surface area contributed by atoms with Crippen molar-refractivity contribution in [2.45, 2.75) is 50.1 Å². The Kier molecular flexibility index (Phi) is 5.89. The molecule has 3 aliphatic rings. The Morgan fingerprint density at radius 2 is 2.17 bits per heavy atom. The third-order valence-corrected chi connectivity index (χ3v) is 5.97. The second-order valence-electron chi connectivity index (χ2n) is 7.90. The topological polar surface area (TPSA) is 123 Å². The molecule has 2 saturated heterocycles. The van der Waals surface area contributed by atoms with Gasteiger partial charge in [0.1, 0.15) is 0 Å². The lowest BCUT2D eigenvalue weighted by atomic mass is 9.89. The molecule has 4 rings (SSSR count). The van der Waals surface area contributed by atoms with Gasteiger partial charge >= 0.3 is 6.03 Å². The molecule has 0 aliphatic carbocycles. The fourth-order valence-electron chi connectivity index (χ4n) is 4.33. The van der Waals surface area contributed by atoms with Gasteiger partial charge in [-0.05, 0) is 30.5 Å². The van der Waals surface area contributed by atoms with E-state index in [9.17, 15) is 19.8 Å². The number of rotatable bonds is 5. The first-order valence-electron chi connectivity index (χ1n) is 10.2. The van der Waals surface area contributed by atoms with Crippen LogP contribution < -0.4 is 16.0 Å². The van der Waals surface area contributed by atoms with E-state index in [2.05, 4.69) is 16.0 Å². The Morgan fingerprint density at radius 1 is 1.31 bits per heavy atom. The van der Waals surface area contributed by atoms with E-state index in [4.69, 9.17) is 4.74 Å². The van der Waals surface area contributed by atoms with Crippen molar-refractivity contribution in [3.8, 4) is 0 Å². The number of fused-ring (bicyclic) bond motifs is 4. The molecule has 1 aromatic carbocycles. The van der Waals surface area contributed by atoms with Crippen LogP contribution in [-0.4, -0.2) is 71.5 Å². The Hall–Kier alpha value is -2.36. The largest absolute Gasteiger partial charge is 0.394 e. The Labute approximate surface area is 169 Å². The minimum Gasteiger partial charge on any atom is -0.394 e. The van der Waals surface area contributed by atoms with Gasteiger partial charge in [0.15, 0.2) is 0 Å². The number of nitrogens with zero attached hydrogens (tertiary/aromatic N) is 1. The Balaban J connectivity index is 1.27. The lowest BCUT2D eigenvalue weighted by molar-refractivity contribution is -0.131. The second kappa shape index (κ2) is 8.56. The summed E-state index contributed by atoms with van der Waals surface area (Å²) in [7, 11) is 0. The number of nitrogens with one attached hydrogen (secondary N) is 3. The van der Waals surface area contributed by atoms with E-state index in [-0.39, 0.29) is 37.2 Å². The number of ether oxygens (including phenoxy) is 1. The van der Waals surface area contributed by atoms with Crippen molar-refractivity contribution in [1.82, 2.24) is 15.5 Å². The Bertz CT molecular complexity index is 773. The van der Waals surface area contributed by atoms with Crippen LogP contribution in [0, 0.1) is 0 Å². The average Bonchev–Trinajstić information content (AvgIpc) is 3.22. The summed E-state index contributed by atoms with van der Waals surface area (Å²) in [6, 6.07) is 5.32. The lowest BCUT2D eigenvalue weighted by Crippen LogP contribution is -2.46. The summed E-state index contributed by atoms with van der Waals surface area (Å²) in [6.45, 7) is 1.13. The summed E-state index contributed by atoms with van der Waals surface area (Å²) in [5.74, 6) is -0.178. The molecule has 1 aromatic rings. The van der Waals surface area contributed by atoms with E-state index in [1.807, 2.05) is 18.2 Å². The van der Waals surface area contributed by atoms with Crippen molar-refractivity contribution in [2.75, 3.05) is 31.6 Å². The van der Waals surface area contributed by atoms with Gasteiger partial charge in [-0.2, -0.15) is 0 Å². The molecule has 9 heteroatoms. The highest BCUT2D eigenvalue weighted by Gasteiger charge is 2.36. The molecule has 9 nitrogen and oxygen atoms in total. The van der Waals surface area contributed by atoms with Crippen LogP contribution in [0.15, 0.2) is 18.2 Å². The van der Waals surface area contributed by atoms with Crippen molar-refractivity contribution in [3.05, 3.63) is 29.3 Å². The highest BCUT2D eigenvalue weighted by Crippen LogP contribution is 2.39. The molecule has 0 aromatic heterocycles. The average molecular weight is 404 g/mol. The summed E-state index contributed by atoms with van der Waals surface area (Å²) in [5.41, 5.74) is 2.92. The molecule has 158 valence electrons. The molecule has 0 radical (unpaired) electrons. The first kappa shape index (κ1) is 19.9. The van der Waals surface area contributed by atoms with Crippen molar-refractivity contribution in [2.24, 2.45) is 0 Å². The van der Waals surface area contributed by atoms with Gasteiger partial charge in [0, 0.05) is 30.8 Å². The van der Waals surface area contributed by atoms with E-state index in [0.29, 0.717) is 19.7 Å². The van der Waals surface area contributed by atoms with Crippen LogP contribution in [0.1, 0.15) is 36.5 Å². The predicted molar refractivity (Wildman–Crippen MR) is 105 cm³/mol. The van der Waals surface area contributed by atoms with Gasteiger partial charge < -0.3 is 35.8 Å². The number of aliphatic hydroxyl groups excluding tert-OH is 2. The third-order valence-electron chi connectivity index (χ3n) is 5.97. The zero-order valence-corrected chi connectivity index (χ0v) is 16.3. The molecule has 0 saturated carbocycles. The molecule has 2 fully saturated rings. The summed E-state index contributed by atoms with van der Waals surface area (Å²) < 4.78 is 5.75. The zero-order chi connectivity index (χ0) is 20.4. The second-order valence-corrected chi connectivity index (χ2v) is 7.90. The molecule has 4 atom stereocenters. The fraction of sp³-hybridized carbons (Fsp3) is 0.600. The molecule has 3 heterocycles. The first-order chi connectivity index (χ1) is 14.0. The number of hydrogen-bond donors (Lipinski definition) is 5. The number of likely N-dealkylation sites (tertiary alicyclic amines) is 1. The van der Waals surface area contributed by atoms with Crippen LogP contribution in [0.5, 0.6) is 0 Å². The van der Waals surface area contributed by atoms with E-state index in [1.54, 1.807) is 4.90 Å². The van der Waals surface area contributed by atoms with Crippen molar-refractivity contribution < 1.29 is 24.5 Å². The van der Waals surface area contributed by atoms with Crippen LogP contribution in [0.4, 0.5) is 10.5 Å². The number of urea groups is 1. The van der Waals surface area contributed by atoms with Crippen LogP contribution in [0.2, 0.25) is 0 Å². The van der Waals surface area contributed by atoms with Crippen molar-refractivity contribution >= 4 is 17.6 Å². The van der Waals surface area contributed by atoms with Crippen molar-refractivity contribution in [3.63, 3.8) is 0 Å². The van der Waals surface area contributed by atoms with Gasteiger partial charge in [0.2, 0.25) is 5.91 Å². The summed E-state index contributed by atoms with van der Waals surface area (Å²) in [4.78, 5) is 25.9. The summed E-state index contributed by atoms with van der Waals surface area (Å²) >= 11 is 0. The van der Waals surface area contributed by atoms with E-state index in [0.717, 1.165) is 36.1 Å². The monoisotopic (exact) mass is 404 g/mol. The maximum atomic E-state index is 12.2. The van der Waals surface area contributed by atoms with Gasteiger partial charge in [-0.25, -0.2) is 4.79 Å². The highest BCUT2D eigenvalue weighted by atomic mass is 16.5. The van der Waals surface area contributed by atoms with Gasteiger partial charge in [-0.1, -0.05) is 6.07 Å². The molecule has 0 spiro atoms. The minimum atomic E-state index is -0.500. The number of anilines is 1. The Morgan fingerprint density at radius 3 is 3.00 bits per heavy atom. The maximum Gasteiger partial charge on any atom is 0.315 e. The van der Waals surface area contributed by atoms with Crippen molar-refractivity contribution in [1.29, 1.82) is 0 Å². The van der Waals surface area contributed by atoms with Gasteiger partial charge in [-0.3, -0.25) is 4.79 Å². The molecule has 2 bridgehead atoms. The quantitative estimate of drug-likeness (QED) is 0.474.